The van der Waals surface area contributed by atoms with Gasteiger partial charge in [0.2, 0.25) is 0 Å². The minimum absolute atomic E-state index is 0.129. The van der Waals surface area contributed by atoms with E-state index < -0.39 is 0 Å². The van der Waals surface area contributed by atoms with Gasteiger partial charge in [-0.1, -0.05) is 29.8 Å². The van der Waals surface area contributed by atoms with Gasteiger partial charge in [0, 0.05) is 5.02 Å². The van der Waals surface area contributed by atoms with E-state index in [0.717, 1.165) is 22.6 Å². The van der Waals surface area contributed by atoms with Gasteiger partial charge in [0.25, 0.3) is 11.7 Å². The summed E-state index contributed by atoms with van der Waals surface area (Å²) in [7, 11) is 0. The van der Waals surface area contributed by atoms with Crippen molar-refractivity contribution in [3.05, 3.63) is 89.4 Å². The molecule has 4 rings (SSSR count). The van der Waals surface area contributed by atoms with E-state index in [1.807, 2.05) is 59.2 Å². The van der Waals surface area contributed by atoms with Crippen molar-refractivity contribution < 1.29 is 14.5 Å². The summed E-state index contributed by atoms with van der Waals surface area (Å²) in [4.78, 5) is 12.4. The van der Waals surface area contributed by atoms with Gasteiger partial charge in [0.05, 0.1) is 22.1 Å². The average molecular weight is 479 g/mol. The Labute approximate surface area is 200 Å². The van der Waals surface area contributed by atoms with E-state index in [1.165, 1.54) is 11.8 Å². The van der Waals surface area contributed by atoms with E-state index in [2.05, 4.69) is 20.7 Å². The number of rotatable bonds is 7. The summed E-state index contributed by atoms with van der Waals surface area (Å²) in [6.07, 6.45) is 0. The van der Waals surface area contributed by atoms with Gasteiger partial charge in [-0.05, 0) is 84.9 Å². The molecule has 3 N–H and O–H groups in total. The Morgan fingerprint density at radius 1 is 1.09 bits per heavy atom. The highest BCUT2D eigenvalue weighted by atomic mass is 35.5. The van der Waals surface area contributed by atoms with Gasteiger partial charge >= 0.3 is 5.16 Å². The Balaban J connectivity index is 1.51. The van der Waals surface area contributed by atoms with Crippen molar-refractivity contribution in [2.24, 2.45) is 5.10 Å². The molecule has 0 fully saturated rings. The minimum atomic E-state index is -0.256. The topological polar surface area (TPSA) is 94.2 Å². The first-order valence-electron chi connectivity index (χ1n) is 10.1. The molecule has 0 spiro atoms. The van der Waals surface area contributed by atoms with Crippen LogP contribution >= 0.6 is 23.4 Å². The lowest BCUT2D eigenvalue weighted by Gasteiger charge is -2.05. The lowest BCUT2D eigenvalue weighted by molar-refractivity contribution is -0.625. The summed E-state index contributed by atoms with van der Waals surface area (Å²) in [5.41, 5.74) is 5.85. The van der Waals surface area contributed by atoms with Crippen LogP contribution in [0.4, 0.5) is 0 Å². The molecule has 9 heteroatoms. The second kappa shape index (κ2) is 10.3. The summed E-state index contributed by atoms with van der Waals surface area (Å²) < 4.78 is 1.96. The van der Waals surface area contributed by atoms with Gasteiger partial charge in [0.1, 0.15) is 11.4 Å². The lowest BCUT2D eigenvalue weighted by Crippen LogP contribution is -2.34. The predicted molar refractivity (Wildman–Crippen MR) is 130 cm³/mol. The Kier molecular flexibility index (Phi) is 7.07. The number of nitrogens with one attached hydrogen (secondary N) is 2. The first-order valence-corrected chi connectivity index (χ1v) is 11.4. The third kappa shape index (κ3) is 5.60. The maximum absolute atomic E-state index is 12.4. The SMILES string of the molecule is C/C(=N\NC(=O)CSc1n[nH]c(-c2ccc(Cl)cc2)[n+]1-c1ccccc1)c1ccc(O)cc1. The van der Waals surface area contributed by atoms with Gasteiger partial charge in [0.15, 0.2) is 0 Å². The summed E-state index contributed by atoms with van der Waals surface area (Å²) in [6, 6.07) is 23.9. The van der Waals surface area contributed by atoms with Crippen LogP contribution in [0.2, 0.25) is 5.02 Å². The van der Waals surface area contributed by atoms with Crippen molar-refractivity contribution in [3.8, 4) is 22.8 Å². The van der Waals surface area contributed by atoms with Gasteiger partial charge < -0.3 is 5.11 Å². The number of hydrogen-bond donors (Lipinski definition) is 3. The van der Waals surface area contributed by atoms with Crippen molar-refractivity contribution >= 4 is 35.0 Å². The molecule has 33 heavy (non-hydrogen) atoms. The zero-order valence-corrected chi connectivity index (χ0v) is 19.3. The third-order valence-electron chi connectivity index (χ3n) is 4.77. The van der Waals surface area contributed by atoms with E-state index >= 15 is 0 Å². The standard InChI is InChI=1S/C24H20ClN5O2S/c1-16(17-9-13-21(31)14-10-17)26-27-22(32)15-33-24-29-28-23(18-7-11-19(25)12-8-18)30(24)20-5-3-2-4-6-20/h2-14H,15H2,1H3,(H2,26,27,31,32)/p+1. The largest absolute Gasteiger partial charge is 0.508 e. The van der Waals surface area contributed by atoms with Crippen molar-refractivity contribution in [2.45, 2.75) is 12.1 Å². The minimum Gasteiger partial charge on any atom is -0.508 e. The van der Waals surface area contributed by atoms with Crippen LogP contribution in [0.5, 0.6) is 5.75 Å². The lowest BCUT2D eigenvalue weighted by atomic mass is 10.1. The number of halogens is 1. The number of aromatic amines is 1. The maximum Gasteiger partial charge on any atom is 0.342 e. The molecule has 0 aliphatic carbocycles. The van der Waals surface area contributed by atoms with Gasteiger partial charge in [-0.3, -0.25) is 4.79 Å². The molecule has 0 aliphatic heterocycles. The molecule has 0 atom stereocenters. The molecule has 4 aromatic rings. The van der Waals surface area contributed by atoms with E-state index in [4.69, 9.17) is 11.6 Å². The molecule has 0 bridgehead atoms. The molecule has 1 aromatic heterocycles. The molecule has 0 saturated heterocycles. The van der Waals surface area contributed by atoms with Crippen LogP contribution < -0.4 is 9.99 Å². The van der Waals surface area contributed by atoms with E-state index in [9.17, 15) is 9.90 Å². The first-order chi connectivity index (χ1) is 16.0. The number of hydrazone groups is 1. The molecule has 0 saturated carbocycles. The summed E-state index contributed by atoms with van der Waals surface area (Å²) in [6.45, 7) is 1.79. The number of hydrogen-bond acceptors (Lipinski definition) is 5. The van der Waals surface area contributed by atoms with Crippen LogP contribution in [0, 0.1) is 0 Å². The molecule has 166 valence electrons. The molecule has 0 unspecified atom stereocenters. The number of amides is 1. The van der Waals surface area contributed by atoms with Crippen molar-refractivity contribution in [1.82, 2.24) is 15.6 Å². The quantitative estimate of drug-likeness (QED) is 0.159. The number of aromatic nitrogens is 3. The van der Waals surface area contributed by atoms with E-state index in [-0.39, 0.29) is 17.4 Å². The number of benzene rings is 3. The number of carbonyl (C=O) groups is 1. The zero-order valence-electron chi connectivity index (χ0n) is 17.7. The number of H-pyrrole nitrogens is 1. The normalized spacial score (nSPS) is 11.4. The van der Waals surface area contributed by atoms with Gasteiger partial charge in [-0.25, -0.2) is 5.43 Å². The van der Waals surface area contributed by atoms with Crippen molar-refractivity contribution in [3.63, 3.8) is 0 Å². The number of para-hydroxylation sites is 1. The van der Waals surface area contributed by atoms with Crippen LogP contribution in [0.3, 0.4) is 0 Å². The molecule has 3 aromatic carbocycles. The number of phenolic OH excluding ortho intramolecular Hbond substituents is 1. The van der Waals surface area contributed by atoms with Crippen LogP contribution in [0.15, 0.2) is 89.1 Å². The monoisotopic (exact) mass is 478 g/mol. The Morgan fingerprint density at radius 3 is 2.48 bits per heavy atom. The molecule has 0 radical (unpaired) electrons. The number of aromatic hydroxyl groups is 1. The summed E-state index contributed by atoms with van der Waals surface area (Å²) >= 11 is 7.34. The molecular formula is C24H21ClN5O2S+. The highest BCUT2D eigenvalue weighted by molar-refractivity contribution is 7.99. The van der Waals surface area contributed by atoms with E-state index in [1.54, 1.807) is 31.2 Å². The second-order valence-corrected chi connectivity index (χ2v) is 8.48. The Hall–Kier alpha value is -3.62. The highest BCUT2D eigenvalue weighted by Crippen LogP contribution is 2.22. The number of carbonyl (C=O) groups excluding carboxylic acids is 1. The molecule has 1 amide bonds. The van der Waals surface area contributed by atoms with Crippen LogP contribution in [-0.2, 0) is 4.79 Å². The number of phenols is 1. The Bertz CT molecular complexity index is 1270. The van der Waals surface area contributed by atoms with Crippen molar-refractivity contribution in [1.29, 1.82) is 0 Å². The van der Waals surface area contributed by atoms with Gasteiger partial charge in [-0.15, -0.1) is 5.10 Å². The fourth-order valence-electron chi connectivity index (χ4n) is 3.09. The molecule has 7 nitrogen and oxygen atoms in total. The smallest absolute Gasteiger partial charge is 0.342 e. The van der Waals surface area contributed by atoms with Gasteiger partial charge in [-0.2, -0.15) is 9.67 Å². The highest BCUT2D eigenvalue weighted by Gasteiger charge is 2.24. The molecule has 0 aliphatic rings. The predicted octanol–water partition coefficient (Wildman–Crippen LogP) is 4.34. The number of nitrogens with zero attached hydrogens (tertiary/aromatic N) is 3. The van der Waals surface area contributed by atoms with Crippen LogP contribution in [0.25, 0.3) is 17.1 Å². The third-order valence-corrected chi connectivity index (χ3v) is 5.96. The maximum atomic E-state index is 12.4. The fraction of sp³-hybridized carbons (Fsp3) is 0.0833. The van der Waals surface area contributed by atoms with Crippen LogP contribution in [0.1, 0.15) is 12.5 Å². The van der Waals surface area contributed by atoms with Crippen molar-refractivity contribution in [2.75, 3.05) is 5.75 Å². The summed E-state index contributed by atoms with van der Waals surface area (Å²) in [5.74, 6) is 0.829. The second-order valence-electron chi connectivity index (χ2n) is 7.10. The zero-order chi connectivity index (χ0) is 23.2. The number of thioether (sulfide) groups is 1. The van der Waals surface area contributed by atoms with Crippen LogP contribution in [-0.4, -0.2) is 32.7 Å². The molecular weight excluding hydrogens is 458 g/mol. The summed E-state index contributed by atoms with van der Waals surface area (Å²) in [5, 5.41) is 22.4. The average Bonchev–Trinajstić information content (AvgIpc) is 3.26. The fourth-order valence-corrected chi connectivity index (χ4v) is 3.97. The van der Waals surface area contributed by atoms with E-state index in [0.29, 0.717) is 15.9 Å². The Morgan fingerprint density at radius 2 is 1.79 bits per heavy atom. The first kappa shape index (κ1) is 22.6. The molecule has 1 heterocycles.